The summed E-state index contributed by atoms with van der Waals surface area (Å²) in [4.78, 5) is 20.7. The Morgan fingerprint density at radius 3 is 2.35 bits per heavy atom. The van der Waals surface area contributed by atoms with E-state index in [0.717, 1.165) is 16.6 Å². The van der Waals surface area contributed by atoms with Gasteiger partial charge in [-0.25, -0.2) is 9.97 Å². The van der Waals surface area contributed by atoms with Gasteiger partial charge in [0, 0.05) is 16.7 Å². The van der Waals surface area contributed by atoms with Gasteiger partial charge in [0.2, 0.25) is 0 Å². The van der Waals surface area contributed by atoms with Gasteiger partial charge in [-0.05, 0) is 6.07 Å². The second-order valence-electron chi connectivity index (χ2n) is 4.37. The Hall–Kier alpha value is -2.20. The molecular weight excluding hydrogens is 268 g/mol. The van der Waals surface area contributed by atoms with Crippen molar-refractivity contribution in [1.29, 1.82) is 0 Å². The van der Waals surface area contributed by atoms with E-state index in [2.05, 4.69) is 22.6 Å². The zero-order valence-corrected chi connectivity index (χ0v) is 11.5. The molecule has 3 aromatic rings. The van der Waals surface area contributed by atoms with E-state index in [1.807, 2.05) is 54.6 Å². The lowest BCUT2D eigenvalue weighted by Gasteiger charge is -2.01. The molecule has 0 aliphatic carbocycles. The molecule has 2 aromatic carbocycles. The SMILES string of the molecule is O=c1nc2ccccc2c(-c2ccccc2)nc1CS. The van der Waals surface area contributed by atoms with E-state index in [-0.39, 0.29) is 11.3 Å². The summed E-state index contributed by atoms with van der Waals surface area (Å²) in [6, 6.07) is 17.3. The van der Waals surface area contributed by atoms with Crippen molar-refractivity contribution in [2.45, 2.75) is 5.75 Å². The zero-order chi connectivity index (χ0) is 13.9. The molecule has 98 valence electrons. The molecule has 3 nitrogen and oxygen atoms in total. The third-order valence-corrected chi connectivity index (χ3v) is 3.37. The molecule has 0 amide bonds. The van der Waals surface area contributed by atoms with Gasteiger partial charge in [0.05, 0.1) is 11.2 Å². The first-order valence-electron chi connectivity index (χ1n) is 6.26. The molecule has 0 unspecified atom stereocenters. The van der Waals surface area contributed by atoms with Gasteiger partial charge in [-0.15, -0.1) is 0 Å². The van der Waals surface area contributed by atoms with E-state index in [1.165, 1.54) is 0 Å². The number of hydrogen-bond donors (Lipinski definition) is 1. The van der Waals surface area contributed by atoms with Crippen LogP contribution in [0.25, 0.3) is 22.2 Å². The largest absolute Gasteiger partial charge is 0.292 e. The summed E-state index contributed by atoms with van der Waals surface area (Å²) < 4.78 is 0. The minimum absolute atomic E-state index is 0.270. The van der Waals surface area contributed by atoms with Crippen LogP contribution in [0, 0.1) is 0 Å². The van der Waals surface area contributed by atoms with E-state index in [1.54, 1.807) is 0 Å². The fourth-order valence-corrected chi connectivity index (χ4v) is 2.31. The summed E-state index contributed by atoms with van der Waals surface area (Å²) >= 11 is 4.18. The van der Waals surface area contributed by atoms with Crippen LogP contribution in [0.15, 0.2) is 59.4 Å². The minimum atomic E-state index is -0.321. The lowest BCUT2D eigenvalue weighted by atomic mass is 10.1. The average molecular weight is 280 g/mol. The standard InChI is InChI=1S/C16H12N2OS/c19-16-14(10-20)17-15(11-6-2-1-3-7-11)12-8-4-5-9-13(12)18-16/h1-9,20H,10H2. The third-order valence-electron chi connectivity index (χ3n) is 3.07. The average Bonchev–Trinajstić information content (AvgIpc) is 2.64. The number of thiol groups is 1. The Morgan fingerprint density at radius 2 is 1.60 bits per heavy atom. The van der Waals surface area contributed by atoms with E-state index >= 15 is 0 Å². The maximum atomic E-state index is 12.0. The normalized spacial score (nSPS) is 10.7. The molecule has 0 saturated heterocycles. The Labute approximate surface area is 121 Å². The molecule has 0 atom stereocenters. The molecule has 0 aliphatic rings. The molecule has 1 aromatic heterocycles. The van der Waals surface area contributed by atoms with Gasteiger partial charge in [0.15, 0.2) is 0 Å². The first-order valence-corrected chi connectivity index (χ1v) is 6.89. The highest BCUT2D eigenvalue weighted by atomic mass is 32.1. The van der Waals surface area contributed by atoms with Crippen molar-refractivity contribution in [3.63, 3.8) is 0 Å². The molecule has 0 aliphatic heterocycles. The quantitative estimate of drug-likeness (QED) is 0.734. The lowest BCUT2D eigenvalue weighted by molar-refractivity contribution is 1.13. The van der Waals surface area contributed by atoms with Gasteiger partial charge >= 0.3 is 0 Å². The van der Waals surface area contributed by atoms with Crippen molar-refractivity contribution in [3.05, 3.63) is 70.6 Å². The van der Waals surface area contributed by atoms with Crippen LogP contribution in [0.1, 0.15) is 5.69 Å². The second-order valence-corrected chi connectivity index (χ2v) is 4.68. The molecule has 0 bridgehead atoms. The molecule has 4 heteroatoms. The highest BCUT2D eigenvalue weighted by Crippen LogP contribution is 2.24. The van der Waals surface area contributed by atoms with Crippen molar-refractivity contribution < 1.29 is 0 Å². The number of nitrogens with zero attached hydrogens (tertiary/aromatic N) is 2. The minimum Gasteiger partial charge on any atom is -0.265 e. The molecule has 0 radical (unpaired) electrons. The smallest absolute Gasteiger partial charge is 0.265 e. The van der Waals surface area contributed by atoms with E-state index in [9.17, 15) is 4.79 Å². The molecule has 20 heavy (non-hydrogen) atoms. The number of para-hydroxylation sites is 1. The van der Waals surface area contributed by atoms with Crippen LogP contribution < -0.4 is 5.56 Å². The van der Waals surface area contributed by atoms with Crippen LogP contribution in [0.4, 0.5) is 0 Å². The highest BCUT2D eigenvalue weighted by Gasteiger charge is 2.08. The van der Waals surface area contributed by atoms with Crippen molar-refractivity contribution in [2.24, 2.45) is 0 Å². The first-order chi connectivity index (χ1) is 9.79. The predicted molar refractivity (Wildman–Crippen MR) is 83.9 cm³/mol. The van der Waals surface area contributed by atoms with Gasteiger partial charge in [0.1, 0.15) is 5.69 Å². The third kappa shape index (κ3) is 2.30. The zero-order valence-electron chi connectivity index (χ0n) is 10.7. The van der Waals surface area contributed by atoms with Crippen LogP contribution in [0.5, 0.6) is 0 Å². The molecule has 3 rings (SSSR count). The number of hydrogen-bond acceptors (Lipinski definition) is 4. The Kier molecular flexibility index (Phi) is 3.48. The lowest BCUT2D eigenvalue weighted by Crippen LogP contribution is -2.09. The maximum Gasteiger partial charge on any atom is 0.292 e. The van der Waals surface area contributed by atoms with Crippen LogP contribution in [0.3, 0.4) is 0 Å². The molecule has 0 spiro atoms. The number of benzene rings is 2. The summed E-state index contributed by atoms with van der Waals surface area (Å²) in [5.41, 5.74) is 2.42. The van der Waals surface area contributed by atoms with E-state index in [0.29, 0.717) is 11.2 Å². The molecule has 0 saturated carbocycles. The summed E-state index contributed by atoms with van der Waals surface area (Å²) in [7, 11) is 0. The van der Waals surface area contributed by atoms with Gasteiger partial charge in [-0.2, -0.15) is 12.6 Å². The topological polar surface area (TPSA) is 42.9 Å². The van der Waals surface area contributed by atoms with Gasteiger partial charge in [0.25, 0.3) is 5.56 Å². The predicted octanol–water partition coefficient (Wildman–Crippen LogP) is 3.09. The summed E-state index contributed by atoms with van der Waals surface area (Å²) in [6.45, 7) is 0. The van der Waals surface area contributed by atoms with Gasteiger partial charge < -0.3 is 0 Å². The van der Waals surface area contributed by atoms with Crippen molar-refractivity contribution in [1.82, 2.24) is 9.97 Å². The van der Waals surface area contributed by atoms with E-state index < -0.39 is 0 Å². The van der Waals surface area contributed by atoms with Crippen LogP contribution >= 0.6 is 12.6 Å². The molecule has 0 N–H and O–H groups in total. The van der Waals surface area contributed by atoms with E-state index in [4.69, 9.17) is 0 Å². The highest BCUT2D eigenvalue weighted by molar-refractivity contribution is 7.79. The Balaban J connectivity index is 2.47. The second kappa shape index (κ2) is 5.43. The Bertz CT molecular complexity index is 819. The number of rotatable bonds is 2. The molecule has 1 heterocycles. The number of fused-ring (bicyclic) bond motifs is 1. The van der Waals surface area contributed by atoms with Crippen LogP contribution in [-0.2, 0) is 5.75 Å². The van der Waals surface area contributed by atoms with Crippen LogP contribution in [-0.4, -0.2) is 9.97 Å². The summed E-state index contributed by atoms with van der Waals surface area (Å²) in [5, 5.41) is 0.865. The fourth-order valence-electron chi connectivity index (χ4n) is 2.11. The van der Waals surface area contributed by atoms with Crippen molar-refractivity contribution >= 4 is 23.5 Å². The maximum absolute atomic E-state index is 12.0. The van der Waals surface area contributed by atoms with Crippen molar-refractivity contribution in [2.75, 3.05) is 0 Å². The number of aromatic nitrogens is 2. The van der Waals surface area contributed by atoms with Crippen molar-refractivity contribution in [3.8, 4) is 11.3 Å². The van der Waals surface area contributed by atoms with Crippen LogP contribution in [0.2, 0.25) is 0 Å². The summed E-state index contributed by atoms with van der Waals surface area (Å²) in [5.74, 6) is 0.270. The monoisotopic (exact) mass is 280 g/mol. The van der Waals surface area contributed by atoms with Gasteiger partial charge in [-0.3, -0.25) is 4.79 Å². The van der Waals surface area contributed by atoms with Gasteiger partial charge in [-0.1, -0.05) is 48.5 Å². The molecule has 0 fully saturated rings. The molecular formula is C16H12N2OS. The Morgan fingerprint density at radius 1 is 0.900 bits per heavy atom. The fraction of sp³-hybridized carbons (Fsp3) is 0.0625. The summed E-state index contributed by atoms with van der Waals surface area (Å²) in [6.07, 6.45) is 0. The first kappa shape index (κ1) is 12.8.